The van der Waals surface area contributed by atoms with Crippen molar-refractivity contribution < 1.29 is 14.5 Å². The Morgan fingerprint density at radius 2 is 1.69 bits per heavy atom. The van der Waals surface area contributed by atoms with Gasteiger partial charge in [0.25, 0.3) is 17.5 Å². The van der Waals surface area contributed by atoms with E-state index < -0.39 is 16.7 Å². The summed E-state index contributed by atoms with van der Waals surface area (Å²) in [6.07, 6.45) is 4.72. The molecular formula is C20H15N5O4. The fourth-order valence-electron chi connectivity index (χ4n) is 2.35. The fourth-order valence-corrected chi connectivity index (χ4v) is 2.35. The number of hydrogen-bond acceptors (Lipinski definition) is 6. The highest BCUT2D eigenvalue weighted by Gasteiger charge is 2.12. The van der Waals surface area contributed by atoms with Crippen molar-refractivity contribution in [3.8, 4) is 0 Å². The van der Waals surface area contributed by atoms with Crippen LogP contribution in [0.2, 0.25) is 0 Å². The van der Waals surface area contributed by atoms with Crippen LogP contribution in [0.25, 0.3) is 0 Å². The molecule has 0 aliphatic heterocycles. The molecule has 0 aliphatic carbocycles. The molecule has 0 saturated heterocycles. The smallest absolute Gasteiger partial charge is 0.271 e. The monoisotopic (exact) mass is 389 g/mol. The number of nitrogens with one attached hydrogen (secondary N) is 2. The summed E-state index contributed by atoms with van der Waals surface area (Å²) in [6.45, 7) is 0. The maximum Gasteiger partial charge on any atom is 0.271 e. The van der Waals surface area contributed by atoms with Crippen LogP contribution in [0, 0.1) is 10.1 Å². The summed E-state index contributed by atoms with van der Waals surface area (Å²) in [7, 11) is 0. The van der Waals surface area contributed by atoms with Gasteiger partial charge in [0.2, 0.25) is 0 Å². The fraction of sp³-hybridized carbons (Fsp3) is 0. The van der Waals surface area contributed by atoms with Gasteiger partial charge >= 0.3 is 0 Å². The van der Waals surface area contributed by atoms with E-state index in [-0.39, 0.29) is 11.3 Å². The van der Waals surface area contributed by atoms with Crippen LogP contribution >= 0.6 is 0 Å². The van der Waals surface area contributed by atoms with Crippen LogP contribution in [-0.4, -0.2) is 27.9 Å². The Morgan fingerprint density at radius 3 is 2.38 bits per heavy atom. The molecular weight excluding hydrogens is 374 g/mol. The van der Waals surface area contributed by atoms with E-state index in [1.165, 1.54) is 42.6 Å². The van der Waals surface area contributed by atoms with Gasteiger partial charge in [0, 0.05) is 41.3 Å². The molecule has 3 aromatic rings. The molecule has 0 radical (unpaired) electrons. The summed E-state index contributed by atoms with van der Waals surface area (Å²) in [5.74, 6) is -0.903. The Bertz CT molecular complexity index is 1070. The largest absolute Gasteiger partial charge is 0.322 e. The summed E-state index contributed by atoms with van der Waals surface area (Å²) in [4.78, 5) is 38.5. The molecule has 1 heterocycles. The first kappa shape index (κ1) is 19.4. The highest BCUT2D eigenvalue weighted by molar-refractivity contribution is 6.05. The van der Waals surface area contributed by atoms with Crippen molar-refractivity contribution in [1.29, 1.82) is 0 Å². The molecule has 0 saturated carbocycles. The molecule has 3 rings (SSSR count). The van der Waals surface area contributed by atoms with E-state index >= 15 is 0 Å². The van der Waals surface area contributed by atoms with E-state index in [1.807, 2.05) is 0 Å². The Labute approximate surface area is 165 Å². The standard InChI is InChI=1S/C20H15N5O4/c26-19(16-2-1-3-18(12-16)25(28)29)23-17-6-4-15(5-7-17)20(27)24-22-13-14-8-10-21-11-9-14/h1-13H,(H,23,26)(H,24,27)/b22-13+. The zero-order valence-corrected chi connectivity index (χ0v) is 15.0. The maximum atomic E-state index is 12.2. The Hall–Kier alpha value is -4.40. The van der Waals surface area contributed by atoms with E-state index in [0.29, 0.717) is 11.3 Å². The van der Waals surface area contributed by atoms with Crippen molar-refractivity contribution in [2.75, 3.05) is 5.32 Å². The lowest BCUT2D eigenvalue weighted by Crippen LogP contribution is -2.18. The minimum Gasteiger partial charge on any atom is -0.322 e. The topological polar surface area (TPSA) is 127 Å². The number of carbonyl (C=O) groups is 2. The molecule has 0 aliphatic rings. The Morgan fingerprint density at radius 1 is 0.966 bits per heavy atom. The number of aromatic nitrogens is 1. The van der Waals surface area contributed by atoms with Crippen molar-refractivity contribution in [2.24, 2.45) is 5.10 Å². The van der Waals surface area contributed by atoms with Crippen molar-refractivity contribution in [1.82, 2.24) is 10.4 Å². The van der Waals surface area contributed by atoms with Gasteiger partial charge in [-0.1, -0.05) is 6.07 Å². The highest BCUT2D eigenvalue weighted by Crippen LogP contribution is 2.16. The van der Waals surface area contributed by atoms with Crippen LogP contribution in [0.5, 0.6) is 0 Å². The summed E-state index contributed by atoms with van der Waals surface area (Å²) in [5.41, 5.74) is 3.98. The number of nitro groups is 1. The number of nitrogens with zero attached hydrogens (tertiary/aromatic N) is 3. The third-order valence-electron chi connectivity index (χ3n) is 3.81. The predicted octanol–water partition coefficient (Wildman–Crippen LogP) is 3.01. The molecule has 2 aromatic carbocycles. The van der Waals surface area contributed by atoms with Gasteiger partial charge in [-0.15, -0.1) is 0 Å². The van der Waals surface area contributed by atoms with Crippen molar-refractivity contribution in [2.45, 2.75) is 0 Å². The predicted molar refractivity (Wildman–Crippen MR) is 107 cm³/mol. The third-order valence-corrected chi connectivity index (χ3v) is 3.81. The lowest BCUT2D eigenvalue weighted by atomic mass is 10.1. The number of rotatable bonds is 6. The molecule has 0 spiro atoms. The van der Waals surface area contributed by atoms with Gasteiger partial charge in [-0.25, -0.2) is 5.43 Å². The number of amides is 2. The van der Waals surface area contributed by atoms with Gasteiger partial charge in [-0.3, -0.25) is 24.7 Å². The second kappa shape index (κ2) is 9.00. The zero-order chi connectivity index (χ0) is 20.6. The molecule has 0 bridgehead atoms. The molecule has 144 valence electrons. The lowest BCUT2D eigenvalue weighted by Gasteiger charge is -2.06. The summed E-state index contributed by atoms with van der Waals surface area (Å²) in [5, 5.41) is 17.3. The van der Waals surface area contributed by atoms with Gasteiger partial charge < -0.3 is 5.32 Å². The number of benzene rings is 2. The number of pyridine rings is 1. The number of non-ortho nitro benzene ring substituents is 1. The molecule has 0 atom stereocenters. The summed E-state index contributed by atoms with van der Waals surface area (Å²) >= 11 is 0. The molecule has 2 N–H and O–H groups in total. The van der Waals surface area contributed by atoms with Crippen LogP contribution in [0.3, 0.4) is 0 Å². The quantitative estimate of drug-likeness (QED) is 0.381. The van der Waals surface area contributed by atoms with Crippen molar-refractivity contribution >= 4 is 29.4 Å². The first-order chi connectivity index (χ1) is 14.0. The van der Waals surface area contributed by atoms with E-state index in [2.05, 4.69) is 20.8 Å². The first-order valence-electron chi connectivity index (χ1n) is 8.42. The maximum absolute atomic E-state index is 12.2. The average Bonchev–Trinajstić information content (AvgIpc) is 2.75. The second-order valence-electron chi connectivity index (χ2n) is 5.82. The normalized spacial score (nSPS) is 10.5. The number of hydrazone groups is 1. The minimum absolute atomic E-state index is 0.159. The van der Waals surface area contributed by atoms with E-state index in [9.17, 15) is 19.7 Å². The van der Waals surface area contributed by atoms with Gasteiger partial charge in [-0.05, 0) is 48.0 Å². The first-order valence-corrected chi connectivity index (χ1v) is 8.42. The van der Waals surface area contributed by atoms with Crippen molar-refractivity contribution in [3.05, 3.63) is 99.9 Å². The van der Waals surface area contributed by atoms with Crippen LogP contribution in [0.15, 0.2) is 78.2 Å². The molecule has 9 heteroatoms. The number of anilines is 1. The van der Waals surface area contributed by atoms with E-state index in [4.69, 9.17) is 0 Å². The van der Waals surface area contributed by atoms with Gasteiger partial charge in [0.05, 0.1) is 11.1 Å². The molecule has 0 fully saturated rings. The average molecular weight is 389 g/mol. The minimum atomic E-state index is -0.568. The SMILES string of the molecule is O=C(N/N=C/c1ccncc1)c1ccc(NC(=O)c2cccc([N+](=O)[O-])c2)cc1. The second-order valence-corrected chi connectivity index (χ2v) is 5.82. The number of carbonyl (C=O) groups excluding carboxylic acids is 2. The van der Waals surface area contributed by atoms with Crippen LogP contribution in [0.1, 0.15) is 26.3 Å². The summed E-state index contributed by atoms with van der Waals surface area (Å²) < 4.78 is 0. The van der Waals surface area contributed by atoms with E-state index in [0.717, 1.165) is 5.56 Å². The molecule has 1 aromatic heterocycles. The molecule has 2 amide bonds. The Balaban J connectivity index is 1.60. The molecule has 29 heavy (non-hydrogen) atoms. The highest BCUT2D eigenvalue weighted by atomic mass is 16.6. The van der Waals surface area contributed by atoms with Gasteiger partial charge in [0.1, 0.15) is 0 Å². The number of nitro benzene ring substituents is 1. The van der Waals surface area contributed by atoms with Gasteiger partial charge in [-0.2, -0.15) is 5.10 Å². The number of hydrogen-bond donors (Lipinski definition) is 2. The van der Waals surface area contributed by atoms with Crippen LogP contribution < -0.4 is 10.7 Å². The molecule has 9 nitrogen and oxygen atoms in total. The zero-order valence-electron chi connectivity index (χ0n) is 15.0. The van der Waals surface area contributed by atoms with E-state index in [1.54, 1.807) is 36.7 Å². The van der Waals surface area contributed by atoms with Gasteiger partial charge in [0.15, 0.2) is 0 Å². The molecule has 0 unspecified atom stereocenters. The Kier molecular flexibility index (Phi) is 6.01. The van der Waals surface area contributed by atoms with Crippen LogP contribution in [0.4, 0.5) is 11.4 Å². The van der Waals surface area contributed by atoms with Crippen LogP contribution in [-0.2, 0) is 0 Å². The summed E-state index contributed by atoms with van der Waals surface area (Å²) in [6, 6.07) is 15.1. The third kappa shape index (κ3) is 5.30. The lowest BCUT2D eigenvalue weighted by molar-refractivity contribution is -0.384. The van der Waals surface area contributed by atoms with Crippen molar-refractivity contribution in [3.63, 3.8) is 0 Å².